The molecule has 7 heteroatoms. The highest BCUT2D eigenvalue weighted by molar-refractivity contribution is 5.65. The first-order chi connectivity index (χ1) is 8.57. The summed E-state index contributed by atoms with van der Waals surface area (Å²) in [4.78, 5) is 32.0. The Bertz CT molecular complexity index is 367. The van der Waals surface area contributed by atoms with Gasteiger partial charge in [0.25, 0.3) is 5.09 Å². The standard InChI is InChI=1S/C12H22N2O5/c1-9(15)18-13-11(2,3)8-6-7-10(12(13,4)5)19-14(16)17/h10H,6-8H2,1-5H3. The zero-order valence-electron chi connectivity index (χ0n) is 12.1. The first-order valence-electron chi connectivity index (χ1n) is 6.37. The molecule has 1 aliphatic rings. The molecule has 7 nitrogen and oxygen atoms in total. The number of hydrogen-bond donors (Lipinski definition) is 0. The summed E-state index contributed by atoms with van der Waals surface area (Å²) < 4.78 is 0. The lowest BCUT2D eigenvalue weighted by Crippen LogP contribution is -2.60. The van der Waals surface area contributed by atoms with Gasteiger partial charge in [0.1, 0.15) is 6.10 Å². The maximum absolute atomic E-state index is 11.3. The normalized spacial score (nSPS) is 26.3. The number of rotatable bonds is 3. The van der Waals surface area contributed by atoms with Crippen LogP contribution in [-0.4, -0.2) is 33.3 Å². The third kappa shape index (κ3) is 3.56. The van der Waals surface area contributed by atoms with Crippen LogP contribution in [0.15, 0.2) is 0 Å². The Labute approximate surface area is 112 Å². The molecule has 0 amide bonds. The van der Waals surface area contributed by atoms with Crippen molar-refractivity contribution in [3.8, 4) is 0 Å². The molecule has 0 aromatic rings. The van der Waals surface area contributed by atoms with Crippen molar-refractivity contribution in [1.82, 2.24) is 5.06 Å². The molecular formula is C12H22N2O5. The highest BCUT2D eigenvalue weighted by Crippen LogP contribution is 2.38. The highest BCUT2D eigenvalue weighted by atomic mass is 17.0. The molecule has 1 atom stereocenters. The number of nitrogens with zero attached hydrogens (tertiary/aromatic N) is 2. The van der Waals surface area contributed by atoms with Crippen LogP contribution in [0.2, 0.25) is 0 Å². The Hall–Kier alpha value is -1.37. The predicted octanol–water partition coefficient (Wildman–Crippen LogP) is 2.08. The Morgan fingerprint density at radius 2 is 1.95 bits per heavy atom. The van der Waals surface area contributed by atoms with E-state index in [9.17, 15) is 14.9 Å². The van der Waals surface area contributed by atoms with E-state index >= 15 is 0 Å². The van der Waals surface area contributed by atoms with Crippen LogP contribution in [-0.2, 0) is 14.5 Å². The SMILES string of the molecule is CC(=O)ON1C(C)(C)CCCC(O[N+](=O)[O-])C1(C)C. The zero-order valence-corrected chi connectivity index (χ0v) is 12.1. The van der Waals surface area contributed by atoms with Crippen LogP contribution < -0.4 is 0 Å². The first kappa shape index (κ1) is 15.7. The van der Waals surface area contributed by atoms with Gasteiger partial charge in [-0.05, 0) is 47.0 Å². The average Bonchev–Trinajstić information content (AvgIpc) is 2.29. The lowest BCUT2D eigenvalue weighted by Gasteiger charge is -2.46. The van der Waals surface area contributed by atoms with Gasteiger partial charge in [0.05, 0.1) is 11.1 Å². The Morgan fingerprint density at radius 1 is 1.37 bits per heavy atom. The van der Waals surface area contributed by atoms with Crippen molar-refractivity contribution in [3.63, 3.8) is 0 Å². The van der Waals surface area contributed by atoms with Crippen molar-refractivity contribution in [2.75, 3.05) is 0 Å². The summed E-state index contributed by atoms with van der Waals surface area (Å²) in [5.74, 6) is -0.442. The molecule has 0 saturated carbocycles. The van der Waals surface area contributed by atoms with Crippen LogP contribution in [0, 0.1) is 10.1 Å². The highest BCUT2D eigenvalue weighted by Gasteiger charge is 2.49. The fourth-order valence-electron chi connectivity index (χ4n) is 2.74. The van der Waals surface area contributed by atoms with E-state index in [4.69, 9.17) is 9.68 Å². The molecule has 0 spiro atoms. The molecule has 0 aromatic carbocycles. The fourth-order valence-corrected chi connectivity index (χ4v) is 2.74. The molecule has 1 fully saturated rings. The molecule has 1 saturated heterocycles. The second-order valence-corrected chi connectivity index (χ2v) is 6.05. The van der Waals surface area contributed by atoms with E-state index in [0.717, 1.165) is 12.8 Å². The number of carbonyl (C=O) groups is 1. The van der Waals surface area contributed by atoms with Gasteiger partial charge >= 0.3 is 5.97 Å². The summed E-state index contributed by atoms with van der Waals surface area (Å²) in [6.07, 6.45) is 1.45. The molecule has 1 rings (SSSR count). The van der Waals surface area contributed by atoms with Crippen LogP contribution in [0.4, 0.5) is 0 Å². The molecule has 19 heavy (non-hydrogen) atoms. The minimum Gasteiger partial charge on any atom is -0.367 e. The second-order valence-electron chi connectivity index (χ2n) is 6.05. The lowest BCUT2D eigenvalue weighted by molar-refractivity contribution is -0.772. The van der Waals surface area contributed by atoms with Crippen molar-refractivity contribution >= 4 is 5.97 Å². The number of hydrogen-bond acceptors (Lipinski definition) is 6. The molecule has 1 heterocycles. The maximum atomic E-state index is 11.3. The summed E-state index contributed by atoms with van der Waals surface area (Å²) in [7, 11) is 0. The molecule has 110 valence electrons. The topological polar surface area (TPSA) is 81.9 Å². The van der Waals surface area contributed by atoms with Crippen molar-refractivity contribution in [2.45, 2.75) is 71.1 Å². The van der Waals surface area contributed by atoms with Crippen LogP contribution in [0.1, 0.15) is 53.9 Å². The molecular weight excluding hydrogens is 252 g/mol. The largest absolute Gasteiger partial charge is 0.367 e. The molecule has 0 radical (unpaired) electrons. The fraction of sp³-hybridized carbons (Fsp3) is 0.917. The van der Waals surface area contributed by atoms with Gasteiger partial charge in [-0.2, -0.15) is 0 Å². The molecule has 0 aliphatic carbocycles. The van der Waals surface area contributed by atoms with Crippen LogP contribution >= 0.6 is 0 Å². The van der Waals surface area contributed by atoms with Crippen LogP contribution in [0.5, 0.6) is 0 Å². The first-order valence-corrected chi connectivity index (χ1v) is 6.37. The smallest absolute Gasteiger partial charge is 0.322 e. The minimum absolute atomic E-state index is 0.399. The van der Waals surface area contributed by atoms with E-state index in [1.807, 2.05) is 13.8 Å². The molecule has 1 unspecified atom stereocenters. The summed E-state index contributed by atoms with van der Waals surface area (Å²) in [6, 6.07) is 0. The van der Waals surface area contributed by atoms with Gasteiger partial charge in [-0.3, -0.25) is 4.79 Å². The monoisotopic (exact) mass is 274 g/mol. The Balaban J connectivity index is 3.09. The Morgan fingerprint density at radius 3 is 2.42 bits per heavy atom. The zero-order chi connectivity index (χ0) is 14.8. The van der Waals surface area contributed by atoms with Crippen molar-refractivity contribution in [3.05, 3.63) is 10.1 Å². The molecule has 0 N–H and O–H groups in total. The number of hydroxylamine groups is 2. The summed E-state index contributed by atoms with van der Waals surface area (Å²) in [5, 5.41) is 11.4. The molecule has 0 bridgehead atoms. The van der Waals surface area contributed by atoms with E-state index in [2.05, 4.69) is 0 Å². The minimum atomic E-state index is -0.781. The van der Waals surface area contributed by atoms with E-state index in [0.29, 0.717) is 6.42 Å². The third-order valence-electron chi connectivity index (χ3n) is 3.55. The van der Waals surface area contributed by atoms with Crippen molar-refractivity contribution in [2.24, 2.45) is 0 Å². The van der Waals surface area contributed by atoms with E-state index in [1.165, 1.54) is 6.92 Å². The Kier molecular flexibility index (Phi) is 4.39. The van der Waals surface area contributed by atoms with Crippen molar-refractivity contribution < 1.29 is 19.6 Å². The van der Waals surface area contributed by atoms with Gasteiger partial charge in [-0.15, -0.1) is 15.2 Å². The second kappa shape index (κ2) is 5.32. The van der Waals surface area contributed by atoms with Crippen LogP contribution in [0.25, 0.3) is 0 Å². The molecule has 1 aliphatic heterocycles. The van der Waals surface area contributed by atoms with Gasteiger partial charge in [0.2, 0.25) is 0 Å². The average molecular weight is 274 g/mol. The van der Waals surface area contributed by atoms with Gasteiger partial charge < -0.3 is 9.68 Å². The van der Waals surface area contributed by atoms with E-state index < -0.39 is 28.2 Å². The van der Waals surface area contributed by atoms with E-state index in [1.54, 1.807) is 18.9 Å². The van der Waals surface area contributed by atoms with Gasteiger partial charge in [0.15, 0.2) is 0 Å². The third-order valence-corrected chi connectivity index (χ3v) is 3.55. The van der Waals surface area contributed by atoms with E-state index in [-0.39, 0.29) is 0 Å². The summed E-state index contributed by atoms with van der Waals surface area (Å²) in [6.45, 7) is 8.80. The molecule has 0 aromatic heterocycles. The van der Waals surface area contributed by atoms with Gasteiger partial charge in [-0.25, -0.2) is 0 Å². The van der Waals surface area contributed by atoms with Gasteiger partial charge in [-0.1, -0.05) is 0 Å². The quantitative estimate of drug-likeness (QED) is 0.579. The predicted molar refractivity (Wildman–Crippen MR) is 67.5 cm³/mol. The summed E-state index contributed by atoms with van der Waals surface area (Å²) >= 11 is 0. The number of carbonyl (C=O) groups excluding carboxylic acids is 1. The lowest BCUT2D eigenvalue weighted by atomic mass is 9.93. The summed E-state index contributed by atoms with van der Waals surface area (Å²) in [5.41, 5.74) is -1.18. The maximum Gasteiger partial charge on any atom is 0.322 e. The van der Waals surface area contributed by atoms with Crippen molar-refractivity contribution in [1.29, 1.82) is 0 Å². The van der Waals surface area contributed by atoms with Gasteiger partial charge in [0, 0.05) is 6.92 Å². The van der Waals surface area contributed by atoms with Crippen LogP contribution in [0.3, 0.4) is 0 Å².